The Balaban J connectivity index is 1.65. The standard InChI is InChI=1S/C18H24N2O3/c21-15-8-4-10-19(13-15)18(23)16-9-5-11-20(16)17(22)12-14-6-2-1-3-7-14/h1-3,6-7,15-16,21H,4-5,8-13H2. The van der Waals surface area contributed by atoms with E-state index in [1.165, 1.54) is 0 Å². The van der Waals surface area contributed by atoms with Crippen LogP contribution in [0.2, 0.25) is 0 Å². The van der Waals surface area contributed by atoms with Crippen LogP contribution in [0.4, 0.5) is 0 Å². The van der Waals surface area contributed by atoms with E-state index in [4.69, 9.17) is 0 Å². The third-order valence-electron chi connectivity index (χ3n) is 4.76. The molecule has 2 atom stereocenters. The van der Waals surface area contributed by atoms with Gasteiger partial charge in [0.2, 0.25) is 11.8 Å². The molecular formula is C18H24N2O3. The largest absolute Gasteiger partial charge is 0.391 e. The zero-order valence-electron chi connectivity index (χ0n) is 13.4. The number of carbonyl (C=O) groups excluding carboxylic acids is 2. The molecule has 1 N–H and O–H groups in total. The molecule has 0 aromatic heterocycles. The Labute approximate surface area is 136 Å². The van der Waals surface area contributed by atoms with Crippen LogP contribution in [0, 0.1) is 0 Å². The van der Waals surface area contributed by atoms with Crippen molar-refractivity contribution in [3.05, 3.63) is 35.9 Å². The highest BCUT2D eigenvalue weighted by Crippen LogP contribution is 2.22. The summed E-state index contributed by atoms with van der Waals surface area (Å²) < 4.78 is 0. The predicted molar refractivity (Wildman–Crippen MR) is 86.7 cm³/mol. The molecule has 1 aromatic rings. The number of nitrogens with zero attached hydrogens (tertiary/aromatic N) is 2. The SMILES string of the molecule is O=C(C1CCCN1C(=O)Cc1ccccc1)N1CCCC(O)C1. The summed E-state index contributed by atoms with van der Waals surface area (Å²) in [4.78, 5) is 28.8. The van der Waals surface area contributed by atoms with Gasteiger partial charge < -0.3 is 14.9 Å². The fourth-order valence-electron chi connectivity index (χ4n) is 3.56. The maximum Gasteiger partial charge on any atom is 0.245 e. The molecule has 2 aliphatic heterocycles. The van der Waals surface area contributed by atoms with Crippen molar-refractivity contribution in [2.24, 2.45) is 0 Å². The Morgan fingerprint density at radius 1 is 1.09 bits per heavy atom. The van der Waals surface area contributed by atoms with Crippen LogP contribution >= 0.6 is 0 Å². The number of hydrogen-bond donors (Lipinski definition) is 1. The summed E-state index contributed by atoms with van der Waals surface area (Å²) in [5.41, 5.74) is 0.976. The first-order valence-electron chi connectivity index (χ1n) is 8.45. The van der Waals surface area contributed by atoms with Gasteiger partial charge in [0.15, 0.2) is 0 Å². The molecule has 0 spiro atoms. The third-order valence-corrected chi connectivity index (χ3v) is 4.76. The van der Waals surface area contributed by atoms with Crippen LogP contribution in [0.1, 0.15) is 31.2 Å². The molecule has 2 amide bonds. The van der Waals surface area contributed by atoms with Crippen LogP contribution in [0.25, 0.3) is 0 Å². The van der Waals surface area contributed by atoms with Crippen molar-refractivity contribution >= 4 is 11.8 Å². The Hall–Kier alpha value is -1.88. The Morgan fingerprint density at radius 2 is 1.83 bits per heavy atom. The molecule has 2 heterocycles. The minimum absolute atomic E-state index is 0.00246. The second kappa shape index (κ2) is 7.13. The van der Waals surface area contributed by atoms with E-state index in [1.807, 2.05) is 30.3 Å². The lowest BCUT2D eigenvalue weighted by molar-refractivity contribution is -0.145. The number of benzene rings is 1. The normalized spacial score (nSPS) is 24.7. The summed E-state index contributed by atoms with van der Waals surface area (Å²) in [6, 6.07) is 9.29. The molecule has 0 bridgehead atoms. The molecule has 2 fully saturated rings. The van der Waals surface area contributed by atoms with Crippen LogP contribution in [0.5, 0.6) is 0 Å². The molecule has 5 nitrogen and oxygen atoms in total. The highest BCUT2D eigenvalue weighted by molar-refractivity contribution is 5.89. The summed E-state index contributed by atoms with van der Waals surface area (Å²) in [5.74, 6) is 0.0206. The number of likely N-dealkylation sites (tertiary alicyclic amines) is 2. The molecule has 3 rings (SSSR count). The van der Waals surface area contributed by atoms with Crippen molar-refractivity contribution in [1.82, 2.24) is 9.80 Å². The van der Waals surface area contributed by atoms with E-state index in [9.17, 15) is 14.7 Å². The van der Waals surface area contributed by atoms with Gasteiger partial charge in [0.25, 0.3) is 0 Å². The average molecular weight is 316 g/mol. The topological polar surface area (TPSA) is 60.9 Å². The monoisotopic (exact) mass is 316 g/mol. The number of rotatable bonds is 3. The number of amides is 2. The van der Waals surface area contributed by atoms with Crippen molar-refractivity contribution < 1.29 is 14.7 Å². The Kier molecular flexibility index (Phi) is 4.96. The first-order valence-corrected chi connectivity index (χ1v) is 8.45. The maximum atomic E-state index is 12.7. The minimum Gasteiger partial charge on any atom is -0.391 e. The van der Waals surface area contributed by atoms with Crippen LogP contribution in [0.3, 0.4) is 0 Å². The molecule has 0 saturated carbocycles. The highest BCUT2D eigenvalue weighted by atomic mass is 16.3. The van der Waals surface area contributed by atoms with Gasteiger partial charge in [-0.25, -0.2) is 0 Å². The molecular weight excluding hydrogens is 292 g/mol. The van der Waals surface area contributed by atoms with E-state index >= 15 is 0 Å². The number of carbonyl (C=O) groups is 2. The third kappa shape index (κ3) is 3.72. The molecule has 1 aromatic carbocycles. The summed E-state index contributed by atoms with van der Waals surface area (Å²) in [6.07, 6.45) is 3.09. The van der Waals surface area contributed by atoms with Crippen LogP contribution < -0.4 is 0 Å². The first kappa shape index (κ1) is 16.0. The molecule has 2 saturated heterocycles. The van der Waals surface area contributed by atoms with Gasteiger partial charge in [-0.05, 0) is 31.2 Å². The van der Waals surface area contributed by atoms with Gasteiger partial charge in [-0.15, -0.1) is 0 Å². The fraction of sp³-hybridized carbons (Fsp3) is 0.556. The Morgan fingerprint density at radius 3 is 2.57 bits per heavy atom. The van der Waals surface area contributed by atoms with E-state index in [2.05, 4.69) is 0 Å². The second-order valence-electron chi connectivity index (χ2n) is 6.49. The molecule has 0 aliphatic carbocycles. The average Bonchev–Trinajstić information content (AvgIpc) is 3.05. The summed E-state index contributed by atoms with van der Waals surface area (Å²) >= 11 is 0. The van der Waals surface area contributed by atoms with Crippen molar-refractivity contribution in [2.45, 2.75) is 44.2 Å². The quantitative estimate of drug-likeness (QED) is 0.911. The number of aliphatic hydroxyl groups is 1. The highest BCUT2D eigenvalue weighted by Gasteiger charge is 2.37. The number of hydrogen-bond acceptors (Lipinski definition) is 3. The zero-order chi connectivity index (χ0) is 16.2. The molecule has 124 valence electrons. The van der Waals surface area contributed by atoms with Crippen molar-refractivity contribution in [2.75, 3.05) is 19.6 Å². The molecule has 23 heavy (non-hydrogen) atoms. The van der Waals surface area contributed by atoms with Gasteiger partial charge in [-0.2, -0.15) is 0 Å². The van der Waals surface area contributed by atoms with Crippen LogP contribution in [0.15, 0.2) is 30.3 Å². The maximum absolute atomic E-state index is 12.7. The summed E-state index contributed by atoms with van der Waals surface area (Å²) in [6.45, 7) is 1.74. The lowest BCUT2D eigenvalue weighted by Crippen LogP contribution is -2.51. The van der Waals surface area contributed by atoms with Crippen molar-refractivity contribution in [3.63, 3.8) is 0 Å². The van der Waals surface area contributed by atoms with Crippen molar-refractivity contribution in [3.8, 4) is 0 Å². The number of aliphatic hydroxyl groups excluding tert-OH is 1. The van der Waals surface area contributed by atoms with E-state index in [-0.39, 0.29) is 17.9 Å². The van der Waals surface area contributed by atoms with Gasteiger partial charge in [0.05, 0.1) is 12.5 Å². The van der Waals surface area contributed by atoms with Gasteiger partial charge in [0, 0.05) is 19.6 Å². The van der Waals surface area contributed by atoms with Crippen molar-refractivity contribution in [1.29, 1.82) is 0 Å². The molecule has 0 radical (unpaired) electrons. The fourth-order valence-corrected chi connectivity index (χ4v) is 3.56. The van der Waals surface area contributed by atoms with Gasteiger partial charge in [-0.3, -0.25) is 9.59 Å². The lowest BCUT2D eigenvalue weighted by atomic mass is 10.1. The van der Waals surface area contributed by atoms with Crippen LogP contribution in [-0.2, 0) is 16.0 Å². The molecule has 2 aliphatic rings. The van der Waals surface area contributed by atoms with Gasteiger partial charge in [-0.1, -0.05) is 30.3 Å². The lowest BCUT2D eigenvalue weighted by Gasteiger charge is -2.34. The number of β-amino-alcohol motifs (C(OH)–C–C–N with tert-alkyl or cyclic N) is 1. The van der Waals surface area contributed by atoms with Crippen LogP contribution in [-0.4, -0.2) is 58.5 Å². The Bertz CT molecular complexity index is 561. The number of piperidine rings is 1. The molecule has 5 heteroatoms. The van der Waals surface area contributed by atoms with E-state index in [0.717, 1.165) is 31.2 Å². The van der Waals surface area contributed by atoms with Gasteiger partial charge >= 0.3 is 0 Å². The zero-order valence-corrected chi connectivity index (χ0v) is 13.4. The summed E-state index contributed by atoms with van der Waals surface area (Å²) in [5, 5.41) is 9.77. The smallest absolute Gasteiger partial charge is 0.245 e. The van der Waals surface area contributed by atoms with E-state index in [0.29, 0.717) is 26.1 Å². The minimum atomic E-state index is -0.428. The molecule has 2 unspecified atom stereocenters. The first-order chi connectivity index (χ1) is 11.1. The van der Waals surface area contributed by atoms with E-state index < -0.39 is 6.10 Å². The second-order valence-corrected chi connectivity index (χ2v) is 6.49. The van der Waals surface area contributed by atoms with E-state index in [1.54, 1.807) is 9.80 Å². The predicted octanol–water partition coefficient (Wildman–Crippen LogP) is 1.20. The van der Waals surface area contributed by atoms with Gasteiger partial charge in [0.1, 0.15) is 6.04 Å². The summed E-state index contributed by atoms with van der Waals surface area (Å²) in [7, 11) is 0.